The molecule has 0 aliphatic carbocycles. The molecule has 34 heavy (non-hydrogen) atoms. The average Bonchev–Trinajstić information content (AvgIpc) is 3.41. The number of carbonyl (C=O) groups excluding carboxylic acids is 1. The lowest BCUT2D eigenvalue weighted by Gasteiger charge is -2.35. The first-order valence-corrected chi connectivity index (χ1v) is 13.2. The first-order valence-electron chi connectivity index (χ1n) is 11.7. The van der Waals surface area contributed by atoms with E-state index in [0.717, 1.165) is 42.8 Å². The minimum Gasteiger partial charge on any atom is -0.497 e. The molecule has 2 fully saturated rings. The molecule has 184 valence electrons. The Hall–Kier alpha value is -2.46. The highest BCUT2D eigenvalue weighted by Crippen LogP contribution is 2.25. The summed E-state index contributed by atoms with van der Waals surface area (Å²) in [4.78, 5) is 15.7. The number of hydrogen-bond acceptors (Lipinski definition) is 6. The van der Waals surface area contributed by atoms with Crippen molar-refractivity contribution in [2.24, 2.45) is 0 Å². The van der Waals surface area contributed by atoms with Crippen LogP contribution in [0.4, 0.5) is 0 Å². The minimum absolute atomic E-state index is 0.0319. The monoisotopic (exact) mass is 487 g/mol. The lowest BCUT2D eigenvalue weighted by molar-refractivity contribution is 0.0162. The van der Waals surface area contributed by atoms with Crippen LogP contribution in [0.5, 0.6) is 5.75 Å². The Balaban J connectivity index is 1.53. The van der Waals surface area contributed by atoms with Crippen LogP contribution in [0.15, 0.2) is 47.4 Å². The Morgan fingerprint density at radius 2 is 1.74 bits per heavy atom. The van der Waals surface area contributed by atoms with Crippen molar-refractivity contribution in [3.63, 3.8) is 0 Å². The minimum atomic E-state index is -3.59. The number of benzene rings is 2. The number of carbonyl (C=O) groups is 1. The third-order valence-corrected chi connectivity index (χ3v) is 8.49. The smallest absolute Gasteiger partial charge is 0.251 e. The van der Waals surface area contributed by atoms with Crippen LogP contribution in [0.2, 0.25) is 0 Å². The molecule has 2 aromatic carbocycles. The van der Waals surface area contributed by atoms with Gasteiger partial charge in [0.25, 0.3) is 5.91 Å². The fourth-order valence-corrected chi connectivity index (χ4v) is 6.09. The van der Waals surface area contributed by atoms with E-state index in [-0.39, 0.29) is 16.8 Å². The molecule has 1 atom stereocenters. The molecular formula is C25H33N3O5S. The quantitative estimate of drug-likeness (QED) is 0.616. The number of nitrogens with one attached hydrogen (secondary N) is 1. The van der Waals surface area contributed by atoms with Gasteiger partial charge in [0.1, 0.15) is 5.75 Å². The van der Waals surface area contributed by atoms with Gasteiger partial charge in [0.05, 0.1) is 31.3 Å². The van der Waals surface area contributed by atoms with Crippen LogP contribution in [0.3, 0.4) is 0 Å². The van der Waals surface area contributed by atoms with Crippen LogP contribution in [-0.2, 0) is 14.8 Å². The largest absolute Gasteiger partial charge is 0.497 e. The van der Waals surface area contributed by atoms with Gasteiger partial charge >= 0.3 is 0 Å². The molecule has 0 bridgehead atoms. The van der Waals surface area contributed by atoms with Crippen LogP contribution in [-0.4, -0.2) is 76.6 Å². The molecule has 4 rings (SSSR count). The zero-order valence-electron chi connectivity index (χ0n) is 19.8. The number of aryl methyl sites for hydroxylation is 1. The van der Waals surface area contributed by atoms with Crippen LogP contribution >= 0.6 is 0 Å². The van der Waals surface area contributed by atoms with Crippen LogP contribution in [0.25, 0.3) is 0 Å². The molecule has 0 unspecified atom stereocenters. The fourth-order valence-electron chi connectivity index (χ4n) is 4.54. The number of nitrogens with zero attached hydrogens (tertiary/aromatic N) is 2. The highest BCUT2D eigenvalue weighted by atomic mass is 32.2. The molecular weight excluding hydrogens is 454 g/mol. The molecule has 9 heteroatoms. The number of hydrogen-bond donors (Lipinski definition) is 1. The van der Waals surface area contributed by atoms with E-state index in [1.807, 2.05) is 31.2 Å². The van der Waals surface area contributed by atoms with Gasteiger partial charge in [-0.1, -0.05) is 18.2 Å². The van der Waals surface area contributed by atoms with Crippen LogP contribution < -0.4 is 10.1 Å². The summed E-state index contributed by atoms with van der Waals surface area (Å²) in [6, 6.07) is 12.6. The molecule has 0 spiro atoms. The highest BCUT2D eigenvalue weighted by molar-refractivity contribution is 7.89. The molecule has 0 radical (unpaired) electrons. The van der Waals surface area contributed by atoms with Crippen molar-refractivity contribution >= 4 is 15.9 Å². The summed E-state index contributed by atoms with van der Waals surface area (Å²) in [6.45, 7) is 6.12. The second-order valence-electron chi connectivity index (χ2n) is 8.74. The second kappa shape index (κ2) is 10.9. The molecule has 0 saturated carbocycles. The number of sulfonamides is 1. The van der Waals surface area contributed by atoms with Gasteiger partial charge in [0.15, 0.2) is 0 Å². The summed E-state index contributed by atoms with van der Waals surface area (Å²) < 4.78 is 38.3. The van der Waals surface area contributed by atoms with Crippen molar-refractivity contribution in [2.45, 2.75) is 30.7 Å². The van der Waals surface area contributed by atoms with Crippen molar-refractivity contribution < 1.29 is 22.7 Å². The van der Waals surface area contributed by atoms with Gasteiger partial charge in [-0.15, -0.1) is 0 Å². The van der Waals surface area contributed by atoms with Gasteiger partial charge in [-0.25, -0.2) is 8.42 Å². The van der Waals surface area contributed by atoms with E-state index < -0.39 is 10.0 Å². The fraction of sp³-hybridized carbons (Fsp3) is 0.480. The SMILES string of the molecule is COc1ccc([C@@H](CNC(=O)c2cc(S(=O)(=O)N3CCCC3)ccc2C)N2CCOCC2)cc1. The van der Waals surface area contributed by atoms with E-state index in [1.54, 1.807) is 19.2 Å². The number of rotatable bonds is 8. The number of methoxy groups -OCH3 is 1. The molecule has 2 aliphatic heterocycles. The van der Waals surface area contributed by atoms with Gasteiger partial charge in [0.2, 0.25) is 10.0 Å². The molecule has 2 saturated heterocycles. The molecule has 2 aromatic rings. The lowest BCUT2D eigenvalue weighted by atomic mass is 10.0. The van der Waals surface area contributed by atoms with E-state index in [0.29, 0.717) is 38.4 Å². The highest BCUT2D eigenvalue weighted by Gasteiger charge is 2.29. The Morgan fingerprint density at radius 1 is 1.06 bits per heavy atom. The van der Waals surface area contributed by atoms with Crippen molar-refractivity contribution in [3.8, 4) is 5.75 Å². The molecule has 2 heterocycles. The summed E-state index contributed by atoms with van der Waals surface area (Å²) in [7, 11) is -1.96. The summed E-state index contributed by atoms with van der Waals surface area (Å²) >= 11 is 0. The molecule has 1 amide bonds. The van der Waals surface area contributed by atoms with Crippen molar-refractivity contribution in [1.29, 1.82) is 0 Å². The van der Waals surface area contributed by atoms with Gasteiger partial charge in [-0.2, -0.15) is 4.31 Å². The molecule has 1 N–H and O–H groups in total. The number of ether oxygens (including phenoxy) is 2. The first kappa shape index (κ1) is 24.7. The van der Waals surface area contributed by atoms with E-state index in [9.17, 15) is 13.2 Å². The van der Waals surface area contributed by atoms with E-state index in [1.165, 1.54) is 10.4 Å². The third-order valence-electron chi connectivity index (χ3n) is 6.60. The van der Waals surface area contributed by atoms with E-state index in [2.05, 4.69) is 10.2 Å². The van der Waals surface area contributed by atoms with E-state index >= 15 is 0 Å². The second-order valence-corrected chi connectivity index (χ2v) is 10.7. The average molecular weight is 488 g/mol. The molecule has 8 nitrogen and oxygen atoms in total. The van der Waals surface area contributed by atoms with Crippen LogP contribution in [0, 0.1) is 6.92 Å². The first-order chi connectivity index (χ1) is 16.4. The van der Waals surface area contributed by atoms with Gasteiger partial charge in [0, 0.05) is 38.3 Å². The predicted octanol–water partition coefficient (Wildman–Crippen LogP) is 2.59. The zero-order valence-corrected chi connectivity index (χ0v) is 20.6. The van der Waals surface area contributed by atoms with Gasteiger partial charge < -0.3 is 14.8 Å². The summed E-state index contributed by atoms with van der Waals surface area (Å²) in [6.07, 6.45) is 1.74. The third kappa shape index (κ3) is 5.43. The van der Waals surface area contributed by atoms with Crippen molar-refractivity contribution in [2.75, 3.05) is 53.0 Å². The maximum absolute atomic E-state index is 13.2. The summed E-state index contributed by atoms with van der Waals surface area (Å²) in [5, 5.41) is 3.05. The van der Waals surface area contributed by atoms with Gasteiger partial charge in [-0.3, -0.25) is 9.69 Å². The Morgan fingerprint density at radius 3 is 2.38 bits per heavy atom. The molecule has 0 aromatic heterocycles. The van der Waals surface area contributed by atoms with Crippen molar-refractivity contribution in [3.05, 3.63) is 59.2 Å². The Labute approximate surface area is 201 Å². The summed E-state index contributed by atoms with van der Waals surface area (Å²) in [5.74, 6) is 0.503. The van der Waals surface area contributed by atoms with Gasteiger partial charge in [-0.05, 0) is 55.2 Å². The topological polar surface area (TPSA) is 88.2 Å². The lowest BCUT2D eigenvalue weighted by Crippen LogP contribution is -2.43. The predicted molar refractivity (Wildman–Crippen MR) is 130 cm³/mol. The van der Waals surface area contributed by atoms with Crippen molar-refractivity contribution in [1.82, 2.24) is 14.5 Å². The van der Waals surface area contributed by atoms with Crippen LogP contribution in [0.1, 0.15) is 40.4 Å². The maximum atomic E-state index is 13.2. The normalized spacial score (nSPS) is 18.5. The standard InChI is InChI=1S/C25H33N3O5S/c1-19-5-10-22(34(30,31)28-11-3-4-12-28)17-23(19)25(29)26-18-24(27-13-15-33-16-14-27)20-6-8-21(32-2)9-7-20/h5-10,17,24H,3-4,11-16,18H2,1-2H3,(H,26,29)/t24-/m1/s1. The Bertz CT molecular complexity index is 1090. The zero-order chi connectivity index (χ0) is 24.1. The van der Waals surface area contributed by atoms with E-state index in [4.69, 9.17) is 9.47 Å². The Kier molecular flexibility index (Phi) is 7.88. The number of morpholine rings is 1. The number of amides is 1. The maximum Gasteiger partial charge on any atom is 0.251 e. The molecule has 2 aliphatic rings. The summed E-state index contributed by atoms with van der Waals surface area (Å²) in [5.41, 5.74) is 2.20.